The monoisotopic (exact) mass is 354 g/mol. The molecule has 0 spiro atoms. The van der Waals surface area contributed by atoms with Crippen LogP contribution in [0.5, 0.6) is 5.88 Å². The Bertz CT molecular complexity index is 745. The van der Waals surface area contributed by atoms with Crippen LogP contribution >= 0.6 is 0 Å². The van der Waals surface area contributed by atoms with Crippen LogP contribution in [0.2, 0.25) is 0 Å². The van der Waals surface area contributed by atoms with Crippen LogP contribution in [0.25, 0.3) is 0 Å². The first-order valence-corrected chi connectivity index (χ1v) is 9.66. The topological polar surface area (TPSA) is 52.4 Å². The first-order chi connectivity index (χ1) is 12.8. The van der Waals surface area contributed by atoms with Gasteiger partial charge in [-0.15, -0.1) is 0 Å². The molecular weight excluding hydrogens is 328 g/mol. The van der Waals surface area contributed by atoms with Crippen molar-refractivity contribution in [1.82, 2.24) is 19.7 Å². The summed E-state index contributed by atoms with van der Waals surface area (Å²) in [6.07, 6.45) is 8.18. The molecule has 1 aliphatic carbocycles. The van der Waals surface area contributed by atoms with E-state index in [-0.39, 0.29) is 12.1 Å². The third-order valence-electron chi connectivity index (χ3n) is 6.23. The van der Waals surface area contributed by atoms with Crippen LogP contribution in [0.1, 0.15) is 24.4 Å². The number of fused-ring (bicyclic) bond motifs is 1. The van der Waals surface area contributed by atoms with Gasteiger partial charge in [-0.3, -0.25) is 9.58 Å². The summed E-state index contributed by atoms with van der Waals surface area (Å²) >= 11 is 0. The number of hydrogen-bond acceptors (Lipinski definition) is 5. The molecule has 26 heavy (non-hydrogen) atoms. The number of nitrogens with zero attached hydrogens (tertiary/aromatic N) is 4. The number of pyridine rings is 1. The van der Waals surface area contributed by atoms with Gasteiger partial charge < -0.3 is 9.47 Å². The Morgan fingerprint density at radius 3 is 2.65 bits per heavy atom. The van der Waals surface area contributed by atoms with E-state index in [0.717, 1.165) is 26.1 Å². The van der Waals surface area contributed by atoms with Gasteiger partial charge in [0.05, 0.1) is 31.5 Å². The van der Waals surface area contributed by atoms with Crippen molar-refractivity contribution in [2.45, 2.75) is 38.0 Å². The third kappa shape index (κ3) is 3.01. The summed E-state index contributed by atoms with van der Waals surface area (Å²) in [5.74, 6) is 2.12. The molecule has 6 heteroatoms. The quantitative estimate of drug-likeness (QED) is 0.843. The van der Waals surface area contributed by atoms with Crippen molar-refractivity contribution >= 4 is 0 Å². The summed E-state index contributed by atoms with van der Waals surface area (Å²) in [7, 11) is 0. The molecule has 6 nitrogen and oxygen atoms in total. The highest BCUT2D eigenvalue weighted by molar-refractivity contribution is 5.11. The molecule has 5 rings (SSSR count). The van der Waals surface area contributed by atoms with Gasteiger partial charge in [-0.25, -0.2) is 4.98 Å². The van der Waals surface area contributed by atoms with Crippen LogP contribution in [-0.4, -0.2) is 58.1 Å². The first kappa shape index (κ1) is 16.3. The molecule has 4 atom stereocenters. The molecule has 138 valence electrons. The second-order valence-corrected chi connectivity index (χ2v) is 8.03. The maximum absolute atomic E-state index is 6.36. The smallest absolute Gasteiger partial charge is 0.213 e. The van der Waals surface area contributed by atoms with Crippen molar-refractivity contribution in [1.29, 1.82) is 0 Å². The third-order valence-corrected chi connectivity index (χ3v) is 6.23. The second-order valence-electron chi connectivity index (χ2n) is 8.03. The lowest BCUT2D eigenvalue weighted by Gasteiger charge is -2.37. The zero-order valence-corrected chi connectivity index (χ0v) is 15.2. The Hall–Kier alpha value is -1.92. The maximum Gasteiger partial charge on any atom is 0.213 e. The summed E-state index contributed by atoms with van der Waals surface area (Å²) in [6, 6.07) is 6.75. The van der Waals surface area contributed by atoms with Gasteiger partial charge in [0.25, 0.3) is 0 Å². The highest BCUT2D eigenvalue weighted by atomic mass is 16.5. The number of hydrogen-bond donors (Lipinski definition) is 0. The lowest BCUT2D eigenvalue weighted by molar-refractivity contribution is -0.0588. The summed E-state index contributed by atoms with van der Waals surface area (Å²) in [5, 5.41) is 4.61. The molecule has 0 aromatic carbocycles. The summed E-state index contributed by atoms with van der Waals surface area (Å²) < 4.78 is 13.9. The van der Waals surface area contributed by atoms with Crippen LogP contribution in [0.3, 0.4) is 0 Å². The number of likely N-dealkylation sites (tertiary alicyclic amines) is 1. The van der Waals surface area contributed by atoms with E-state index in [1.54, 1.807) is 6.20 Å². The van der Waals surface area contributed by atoms with Gasteiger partial charge in [0.15, 0.2) is 0 Å². The first-order valence-electron chi connectivity index (χ1n) is 9.66. The van der Waals surface area contributed by atoms with Gasteiger partial charge in [0, 0.05) is 31.5 Å². The van der Waals surface area contributed by atoms with Gasteiger partial charge in [-0.2, -0.15) is 5.10 Å². The van der Waals surface area contributed by atoms with E-state index in [9.17, 15) is 0 Å². The predicted octanol–water partition coefficient (Wildman–Crippen LogP) is 2.32. The van der Waals surface area contributed by atoms with Crippen molar-refractivity contribution in [3.05, 3.63) is 42.4 Å². The van der Waals surface area contributed by atoms with Crippen LogP contribution < -0.4 is 4.74 Å². The average Bonchev–Trinajstić information content (AvgIpc) is 3.19. The predicted molar refractivity (Wildman–Crippen MR) is 97.0 cm³/mol. The van der Waals surface area contributed by atoms with E-state index in [4.69, 9.17) is 9.47 Å². The minimum Gasteiger partial charge on any atom is -0.472 e. The highest BCUT2D eigenvalue weighted by Gasteiger charge is 2.46. The summed E-state index contributed by atoms with van der Waals surface area (Å²) in [4.78, 5) is 7.01. The largest absolute Gasteiger partial charge is 0.472 e. The molecule has 0 amide bonds. The Morgan fingerprint density at radius 2 is 2.00 bits per heavy atom. The van der Waals surface area contributed by atoms with E-state index in [1.165, 1.54) is 18.7 Å². The van der Waals surface area contributed by atoms with Crippen LogP contribution in [0.4, 0.5) is 0 Å². The number of aryl methyl sites for hydroxylation is 1. The fourth-order valence-electron chi connectivity index (χ4n) is 4.75. The van der Waals surface area contributed by atoms with Gasteiger partial charge in [-0.1, -0.05) is 6.07 Å². The second kappa shape index (κ2) is 6.67. The summed E-state index contributed by atoms with van der Waals surface area (Å²) in [5.41, 5.74) is 1.20. The number of aromatic nitrogens is 3. The molecule has 2 aliphatic heterocycles. The lowest BCUT2D eigenvalue weighted by atomic mass is 9.77. The number of ether oxygens (including phenoxy) is 2. The molecule has 0 N–H and O–H groups in total. The van der Waals surface area contributed by atoms with Crippen LogP contribution in [0, 0.1) is 18.8 Å². The van der Waals surface area contributed by atoms with Crippen molar-refractivity contribution in [3.63, 3.8) is 0 Å². The van der Waals surface area contributed by atoms with Gasteiger partial charge in [0.2, 0.25) is 5.88 Å². The van der Waals surface area contributed by atoms with Crippen molar-refractivity contribution < 1.29 is 9.47 Å². The molecule has 2 saturated heterocycles. The van der Waals surface area contributed by atoms with E-state index in [0.29, 0.717) is 23.8 Å². The summed E-state index contributed by atoms with van der Waals surface area (Å²) in [6.45, 7) is 6.25. The molecular formula is C20H26N4O2. The van der Waals surface area contributed by atoms with Crippen molar-refractivity contribution in [2.24, 2.45) is 11.8 Å². The van der Waals surface area contributed by atoms with Crippen LogP contribution in [0.15, 0.2) is 36.8 Å². The molecule has 3 aliphatic rings. The van der Waals surface area contributed by atoms with E-state index < -0.39 is 0 Å². The molecule has 1 saturated carbocycles. The molecule has 2 aromatic heterocycles. The van der Waals surface area contributed by atoms with Gasteiger partial charge in [0.1, 0.15) is 6.10 Å². The SMILES string of the molecule is Cc1cnn([C@H]2C[C@H]3CN(C4COC4)C[C@H]3C[C@@H]2Oc2ccccn2)c1. The van der Waals surface area contributed by atoms with Crippen molar-refractivity contribution in [2.75, 3.05) is 26.3 Å². The van der Waals surface area contributed by atoms with E-state index in [1.807, 2.05) is 24.4 Å². The Labute approximate surface area is 154 Å². The molecule has 2 aromatic rings. The molecule has 0 bridgehead atoms. The average molecular weight is 354 g/mol. The molecule has 3 fully saturated rings. The van der Waals surface area contributed by atoms with Gasteiger partial charge >= 0.3 is 0 Å². The fourth-order valence-corrected chi connectivity index (χ4v) is 4.75. The minimum absolute atomic E-state index is 0.114. The maximum atomic E-state index is 6.36. The fraction of sp³-hybridized carbons (Fsp3) is 0.600. The van der Waals surface area contributed by atoms with Crippen LogP contribution in [-0.2, 0) is 4.74 Å². The Morgan fingerprint density at radius 1 is 1.15 bits per heavy atom. The zero-order valence-electron chi connectivity index (χ0n) is 15.2. The highest BCUT2D eigenvalue weighted by Crippen LogP contribution is 2.43. The lowest BCUT2D eigenvalue weighted by Crippen LogP contribution is -2.48. The molecule has 0 radical (unpaired) electrons. The Kier molecular flexibility index (Phi) is 4.17. The zero-order chi connectivity index (χ0) is 17.5. The Balaban J connectivity index is 1.37. The van der Waals surface area contributed by atoms with E-state index >= 15 is 0 Å². The van der Waals surface area contributed by atoms with Gasteiger partial charge in [-0.05, 0) is 43.2 Å². The van der Waals surface area contributed by atoms with Crippen molar-refractivity contribution in [3.8, 4) is 5.88 Å². The minimum atomic E-state index is 0.114. The normalized spacial score (nSPS) is 32.2. The molecule has 0 unspecified atom stereocenters. The standard InChI is InChI=1S/C20H26N4O2/c1-14-8-22-24(9-14)18-6-15-10-23(17-12-25-13-17)11-16(15)7-19(18)26-20-4-2-3-5-21-20/h2-5,8-9,15-19H,6-7,10-13H2,1H3/t15-,16+,18-,19-/m0/s1. The number of rotatable bonds is 4. The molecule has 4 heterocycles. The van der Waals surface area contributed by atoms with E-state index in [2.05, 4.69) is 32.8 Å².